The molecule has 3 aromatic carbocycles. The quantitative estimate of drug-likeness (QED) is 0.438. The van der Waals surface area contributed by atoms with Crippen LogP contribution in [-0.4, -0.2) is 22.5 Å². The van der Waals surface area contributed by atoms with Crippen LogP contribution in [0.1, 0.15) is 22.8 Å². The molecule has 5 nitrogen and oxygen atoms in total. The molecule has 0 fully saturated rings. The number of carbonyl (C=O) groups is 1. The van der Waals surface area contributed by atoms with E-state index < -0.39 is 0 Å². The number of carbonyl (C=O) groups excluding carboxylic acids is 1. The van der Waals surface area contributed by atoms with Crippen LogP contribution in [0.5, 0.6) is 5.75 Å². The van der Waals surface area contributed by atoms with Crippen molar-refractivity contribution in [3.8, 4) is 17.1 Å². The number of amides is 1. The van der Waals surface area contributed by atoms with E-state index in [2.05, 4.69) is 15.3 Å². The van der Waals surface area contributed by atoms with E-state index in [1.54, 1.807) is 18.2 Å². The summed E-state index contributed by atoms with van der Waals surface area (Å²) in [4.78, 5) is 20.6. The molecule has 1 amide bonds. The summed E-state index contributed by atoms with van der Waals surface area (Å²) in [5.41, 5.74) is 4.81. The van der Waals surface area contributed by atoms with Crippen molar-refractivity contribution in [2.75, 3.05) is 11.9 Å². The predicted molar refractivity (Wildman–Crippen MR) is 117 cm³/mol. The number of hydrogen-bond acceptors (Lipinski definition) is 3. The van der Waals surface area contributed by atoms with Crippen LogP contribution in [0.15, 0.2) is 60.7 Å². The molecule has 0 saturated heterocycles. The van der Waals surface area contributed by atoms with Crippen LogP contribution in [-0.2, 0) is 0 Å². The standard InChI is InChI=1S/C23H20ClN3O2/c1-3-29-18-9-5-7-16(12-18)23(28)25-17-8-4-6-15(11-17)22-26-20-10-14(2)19(24)13-21(20)27-22/h4-13H,3H2,1-2H3,(H,25,28)(H,26,27). The number of hydrogen-bond donors (Lipinski definition) is 2. The van der Waals surface area contributed by atoms with E-state index >= 15 is 0 Å². The number of nitrogens with one attached hydrogen (secondary N) is 2. The van der Waals surface area contributed by atoms with Gasteiger partial charge in [0, 0.05) is 21.8 Å². The number of aryl methyl sites for hydroxylation is 1. The highest BCUT2D eigenvalue weighted by molar-refractivity contribution is 6.32. The average Bonchev–Trinajstić information content (AvgIpc) is 3.12. The number of nitrogens with zero attached hydrogens (tertiary/aromatic N) is 1. The Balaban J connectivity index is 1.59. The number of aromatic nitrogens is 2. The van der Waals surface area contributed by atoms with E-state index in [0.29, 0.717) is 28.6 Å². The number of halogens is 1. The molecule has 146 valence electrons. The maximum atomic E-state index is 12.6. The molecule has 4 aromatic rings. The van der Waals surface area contributed by atoms with Gasteiger partial charge in [-0.25, -0.2) is 4.98 Å². The van der Waals surface area contributed by atoms with E-state index in [4.69, 9.17) is 16.3 Å². The molecule has 6 heteroatoms. The lowest BCUT2D eigenvalue weighted by Gasteiger charge is -2.08. The lowest BCUT2D eigenvalue weighted by molar-refractivity contribution is 0.102. The highest BCUT2D eigenvalue weighted by Gasteiger charge is 2.11. The fourth-order valence-electron chi connectivity index (χ4n) is 3.12. The van der Waals surface area contributed by atoms with Crippen molar-refractivity contribution in [3.05, 3.63) is 76.8 Å². The summed E-state index contributed by atoms with van der Waals surface area (Å²) in [6.07, 6.45) is 0. The molecule has 0 unspecified atom stereocenters. The number of ether oxygens (including phenoxy) is 1. The second kappa shape index (κ2) is 7.97. The number of imidazole rings is 1. The minimum absolute atomic E-state index is 0.198. The molecule has 0 bridgehead atoms. The molecule has 0 radical (unpaired) electrons. The Labute approximate surface area is 173 Å². The Kier molecular flexibility index (Phi) is 5.23. The summed E-state index contributed by atoms with van der Waals surface area (Å²) in [5, 5.41) is 3.62. The molecule has 0 spiro atoms. The molecule has 0 aliphatic rings. The molecule has 4 rings (SSSR count). The van der Waals surface area contributed by atoms with Crippen LogP contribution >= 0.6 is 11.6 Å². The highest BCUT2D eigenvalue weighted by atomic mass is 35.5. The van der Waals surface area contributed by atoms with Gasteiger partial charge in [-0.05, 0) is 61.9 Å². The van der Waals surface area contributed by atoms with E-state index in [0.717, 1.165) is 28.0 Å². The molecule has 29 heavy (non-hydrogen) atoms. The van der Waals surface area contributed by atoms with Gasteiger partial charge in [-0.1, -0.05) is 29.8 Å². The number of rotatable bonds is 5. The first-order valence-corrected chi connectivity index (χ1v) is 9.72. The van der Waals surface area contributed by atoms with Gasteiger partial charge in [-0.3, -0.25) is 4.79 Å². The molecular formula is C23H20ClN3O2. The van der Waals surface area contributed by atoms with Crippen molar-refractivity contribution in [2.24, 2.45) is 0 Å². The SMILES string of the molecule is CCOc1cccc(C(=O)Nc2cccc(-c3nc4cc(Cl)c(C)cc4[nH]3)c2)c1. The Morgan fingerprint density at radius 2 is 1.97 bits per heavy atom. The average molecular weight is 406 g/mol. The molecule has 0 atom stereocenters. The van der Waals surface area contributed by atoms with Gasteiger partial charge in [0.15, 0.2) is 0 Å². The fraction of sp³-hybridized carbons (Fsp3) is 0.130. The van der Waals surface area contributed by atoms with E-state index in [-0.39, 0.29) is 5.91 Å². The Hall–Kier alpha value is -3.31. The topological polar surface area (TPSA) is 67.0 Å². The zero-order valence-electron chi connectivity index (χ0n) is 16.1. The number of H-pyrrole nitrogens is 1. The summed E-state index contributed by atoms with van der Waals surface area (Å²) < 4.78 is 5.47. The van der Waals surface area contributed by atoms with Gasteiger partial charge in [0.25, 0.3) is 5.91 Å². The largest absolute Gasteiger partial charge is 0.494 e. The second-order valence-corrected chi connectivity index (χ2v) is 7.11. The monoisotopic (exact) mass is 405 g/mol. The van der Waals surface area contributed by atoms with Crippen LogP contribution in [0, 0.1) is 6.92 Å². The third-order valence-corrected chi connectivity index (χ3v) is 4.97. The van der Waals surface area contributed by atoms with Crippen LogP contribution in [0.25, 0.3) is 22.4 Å². The van der Waals surface area contributed by atoms with E-state index in [1.165, 1.54) is 0 Å². The zero-order valence-corrected chi connectivity index (χ0v) is 16.9. The summed E-state index contributed by atoms with van der Waals surface area (Å²) in [5.74, 6) is 1.19. The van der Waals surface area contributed by atoms with Crippen LogP contribution in [0.2, 0.25) is 5.02 Å². The lowest BCUT2D eigenvalue weighted by atomic mass is 10.1. The Morgan fingerprint density at radius 1 is 1.14 bits per heavy atom. The number of fused-ring (bicyclic) bond motifs is 1. The first-order valence-electron chi connectivity index (χ1n) is 9.34. The first-order chi connectivity index (χ1) is 14.0. The van der Waals surface area contributed by atoms with Gasteiger partial charge in [0.05, 0.1) is 17.6 Å². The molecular weight excluding hydrogens is 386 g/mol. The number of anilines is 1. The van der Waals surface area contributed by atoms with Crippen molar-refractivity contribution in [1.29, 1.82) is 0 Å². The maximum absolute atomic E-state index is 12.6. The van der Waals surface area contributed by atoms with Crippen LogP contribution < -0.4 is 10.1 Å². The van der Waals surface area contributed by atoms with Gasteiger partial charge in [0.1, 0.15) is 11.6 Å². The zero-order chi connectivity index (χ0) is 20.4. The van der Waals surface area contributed by atoms with E-state index in [1.807, 2.05) is 56.3 Å². The van der Waals surface area contributed by atoms with Crippen molar-refractivity contribution >= 4 is 34.2 Å². The maximum Gasteiger partial charge on any atom is 0.255 e. The molecule has 0 aliphatic carbocycles. The van der Waals surface area contributed by atoms with Crippen LogP contribution in [0.4, 0.5) is 5.69 Å². The minimum atomic E-state index is -0.198. The summed E-state index contributed by atoms with van der Waals surface area (Å²) in [7, 11) is 0. The van der Waals surface area contributed by atoms with E-state index in [9.17, 15) is 4.79 Å². The van der Waals surface area contributed by atoms with Crippen molar-refractivity contribution in [1.82, 2.24) is 9.97 Å². The first kappa shape index (κ1) is 19.0. The third-order valence-electron chi connectivity index (χ3n) is 4.56. The fourth-order valence-corrected chi connectivity index (χ4v) is 3.28. The summed E-state index contributed by atoms with van der Waals surface area (Å²) >= 11 is 6.20. The molecule has 2 N–H and O–H groups in total. The normalized spacial score (nSPS) is 10.9. The molecule has 0 saturated carbocycles. The summed E-state index contributed by atoms with van der Waals surface area (Å²) in [6.45, 7) is 4.42. The van der Waals surface area contributed by atoms with Gasteiger partial charge in [-0.2, -0.15) is 0 Å². The van der Waals surface area contributed by atoms with Gasteiger partial charge in [-0.15, -0.1) is 0 Å². The number of benzene rings is 3. The van der Waals surface area contributed by atoms with Crippen molar-refractivity contribution in [3.63, 3.8) is 0 Å². The van der Waals surface area contributed by atoms with Gasteiger partial charge >= 0.3 is 0 Å². The van der Waals surface area contributed by atoms with Crippen molar-refractivity contribution in [2.45, 2.75) is 13.8 Å². The Bertz CT molecular complexity index is 1160. The summed E-state index contributed by atoms with van der Waals surface area (Å²) in [6, 6.07) is 18.5. The lowest BCUT2D eigenvalue weighted by Crippen LogP contribution is -2.12. The minimum Gasteiger partial charge on any atom is -0.494 e. The second-order valence-electron chi connectivity index (χ2n) is 6.70. The third kappa shape index (κ3) is 4.10. The van der Waals surface area contributed by atoms with Gasteiger partial charge < -0.3 is 15.0 Å². The van der Waals surface area contributed by atoms with Gasteiger partial charge in [0.2, 0.25) is 0 Å². The predicted octanol–water partition coefficient (Wildman–Crippen LogP) is 5.84. The highest BCUT2D eigenvalue weighted by Crippen LogP contribution is 2.27. The molecule has 1 aromatic heterocycles. The Morgan fingerprint density at radius 3 is 2.79 bits per heavy atom. The molecule has 0 aliphatic heterocycles. The number of aromatic amines is 1. The van der Waals surface area contributed by atoms with Crippen LogP contribution in [0.3, 0.4) is 0 Å². The van der Waals surface area contributed by atoms with Crippen molar-refractivity contribution < 1.29 is 9.53 Å². The molecule has 1 heterocycles. The smallest absolute Gasteiger partial charge is 0.255 e.